The molecule has 1 saturated heterocycles. The smallest absolute Gasteiger partial charge is 0.350 e. The molecule has 2 fully saturated rings. The molecule has 7 nitrogen and oxygen atoms in total. The van der Waals surface area contributed by atoms with E-state index >= 15 is 0 Å². The summed E-state index contributed by atoms with van der Waals surface area (Å²) in [6.45, 7) is 18.2. The van der Waals surface area contributed by atoms with Gasteiger partial charge in [-0.05, 0) is 61.3 Å². The Bertz CT molecular complexity index is 1370. The molecule has 2 aromatic heterocycles. The van der Waals surface area contributed by atoms with Crippen molar-refractivity contribution in [2.24, 2.45) is 7.05 Å². The van der Waals surface area contributed by atoms with Gasteiger partial charge in [-0.25, -0.2) is 4.79 Å². The van der Waals surface area contributed by atoms with E-state index in [9.17, 15) is 4.79 Å². The molecule has 3 heterocycles. The van der Waals surface area contributed by atoms with Crippen LogP contribution in [0.5, 0.6) is 0 Å². The van der Waals surface area contributed by atoms with Crippen LogP contribution in [0.4, 0.5) is 11.6 Å². The molecule has 188 valence electrons. The molecule has 0 bridgehead atoms. The molecule has 0 radical (unpaired) electrons. The van der Waals surface area contributed by atoms with Crippen LogP contribution in [-0.2, 0) is 12.5 Å². The van der Waals surface area contributed by atoms with E-state index in [2.05, 4.69) is 76.6 Å². The molecule has 1 aliphatic carbocycles. The van der Waals surface area contributed by atoms with Gasteiger partial charge in [-0.2, -0.15) is 4.98 Å². The van der Waals surface area contributed by atoms with Crippen LogP contribution in [0.15, 0.2) is 41.2 Å². The summed E-state index contributed by atoms with van der Waals surface area (Å²) in [6, 6.07) is 13.6. The number of hydrogen-bond acceptors (Lipinski definition) is 5. The van der Waals surface area contributed by atoms with Crippen LogP contribution in [0.2, 0.25) is 0 Å². The highest BCUT2D eigenvalue weighted by molar-refractivity contribution is 5.87. The Morgan fingerprint density at radius 2 is 1.75 bits per heavy atom. The SMILES string of the molecule is [C-]#[N+]c1ccc2c(n1)c(N1C[C@@H](CC)N(C(C)c3ccc(C4(C)CC4)cc3)C[C@@H]1CC)nc(=O)n2C. The highest BCUT2D eigenvalue weighted by atomic mass is 16.1. The lowest BCUT2D eigenvalue weighted by atomic mass is 9.93. The molecule has 1 saturated carbocycles. The van der Waals surface area contributed by atoms with Crippen molar-refractivity contribution in [2.75, 3.05) is 18.0 Å². The quantitative estimate of drug-likeness (QED) is 0.440. The summed E-state index contributed by atoms with van der Waals surface area (Å²) in [5.74, 6) is 0.929. The van der Waals surface area contributed by atoms with Crippen molar-refractivity contribution in [1.82, 2.24) is 19.4 Å². The van der Waals surface area contributed by atoms with Gasteiger partial charge in [0, 0.05) is 38.3 Å². The second kappa shape index (κ2) is 9.33. The Balaban J connectivity index is 1.48. The van der Waals surface area contributed by atoms with Crippen LogP contribution >= 0.6 is 0 Å². The maximum Gasteiger partial charge on any atom is 0.350 e. The number of nitrogens with zero attached hydrogens (tertiary/aromatic N) is 6. The van der Waals surface area contributed by atoms with E-state index in [1.165, 1.54) is 28.5 Å². The van der Waals surface area contributed by atoms with Gasteiger partial charge in [0.2, 0.25) is 5.52 Å². The van der Waals surface area contributed by atoms with Crippen LogP contribution in [0, 0.1) is 6.57 Å². The van der Waals surface area contributed by atoms with E-state index in [0.717, 1.165) is 25.9 Å². The lowest BCUT2D eigenvalue weighted by Crippen LogP contribution is -2.59. The summed E-state index contributed by atoms with van der Waals surface area (Å²) >= 11 is 0. The molecule has 7 heteroatoms. The number of anilines is 1. The topological polar surface area (TPSA) is 58.6 Å². The third kappa shape index (κ3) is 4.18. The molecule has 0 N–H and O–H groups in total. The van der Waals surface area contributed by atoms with E-state index < -0.39 is 0 Å². The van der Waals surface area contributed by atoms with Crippen molar-refractivity contribution in [1.29, 1.82) is 0 Å². The van der Waals surface area contributed by atoms with E-state index in [4.69, 9.17) is 6.57 Å². The summed E-state index contributed by atoms with van der Waals surface area (Å²) in [6.07, 6.45) is 4.50. The molecular weight excluding hydrogens is 448 g/mol. The van der Waals surface area contributed by atoms with Gasteiger partial charge in [0.05, 0.1) is 5.52 Å². The van der Waals surface area contributed by atoms with Crippen LogP contribution in [0.1, 0.15) is 70.5 Å². The first-order valence-corrected chi connectivity index (χ1v) is 13.2. The summed E-state index contributed by atoms with van der Waals surface area (Å²) < 4.78 is 1.52. The van der Waals surface area contributed by atoms with Crippen LogP contribution < -0.4 is 10.6 Å². The van der Waals surface area contributed by atoms with Crippen molar-refractivity contribution in [3.63, 3.8) is 0 Å². The molecule has 0 amide bonds. The molecule has 1 aliphatic heterocycles. The molecule has 0 spiro atoms. The van der Waals surface area contributed by atoms with E-state index in [-0.39, 0.29) is 11.7 Å². The fraction of sp³-hybridized carbons (Fsp3) is 0.517. The standard InChI is InChI=1S/C29H36N6O/c1-7-22-18-35(27-26-24(33(6)28(36)32-27)13-14-25(30-5)31-26)23(8-2)17-34(22)19(3)20-9-11-21(12-10-20)29(4)15-16-29/h9-14,19,22-23H,7-8,15-18H2,1-4,6H3/t19?,22-,23+/m1/s1. The number of rotatable bonds is 6. The van der Waals surface area contributed by atoms with Gasteiger partial charge in [-0.1, -0.05) is 51.6 Å². The lowest BCUT2D eigenvalue weighted by molar-refractivity contribution is 0.101. The number of aromatic nitrogens is 3. The van der Waals surface area contributed by atoms with Gasteiger partial charge in [0.1, 0.15) is 0 Å². The zero-order valence-corrected chi connectivity index (χ0v) is 22.0. The molecule has 2 aliphatic rings. The van der Waals surface area contributed by atoms with Crippen LogP contribution in [0.3, 0.4) is 0 Å². The van der Waals surface area contributed by atoms with Gasteiger partial charge in [0.15, 0.2) is 5.82 Å². The number of piperazine rings is 1. The summed E-state index contributed by atoms with van der Waals surface area (Å²) in [5.41, 5.74) is 4.24. The average Bonchev–Trinajstić information content (AvgIpc) is 3.67. The predicted molar refractivity (Wildman–Crippen MR) is 145 cm³/mol. The van der Waals surface area contributed by atoms with Crippen molar-refractivity contribution >= 4 is 22.7 Å². The fourth-order valence-electron chi connectivity index (χ4n) is 5.71. The normalized spacial score (nSPS) is 22.4. The Labute approximate surface area is 213 Å². The lowest BCUT2D eigenvalue weighted by Gasteiger charge is -2.49. The van der Waals surface area contributed by atoms with Crippen molar-refractivity contribution in [3.05, 3.63) is 69.4 Å². The summed E-state index contributed by atoms with van der Waals surface area (Å²) in [4.78, 5) is 30.3. The Hall–Kier alpha value is -3.24. The summed E-state index contributed by atoms with van der Waals surface area (Å²) in [5, 5.41) is 0. The first-order valence-electron chi connectivity index (χ1n) is 13.2. The van der Waals surface area contributed by atoms with Crippen molar-refractivity contribution in [2.45, 2.75) is 76.9 Å². The van der Waals surface area contributed by atoms with E-state index in [1.807, 2.05) is 6.07 Å². The Morgan fingerprint density at radius 3 is 2.36 bits per heavy atom. The van der Waals surface area contributed by atoms with Gasteiger partial charge in [-0.3, -0.25) is 9.47 Å². The molecule has 3 atom stereocenters. The molecule has 5 rings (SSSR count). The minimum atomic E-state index is -0.294. The van der Waals surface area contributed by atoms with E-state index in [0.29, 0.717) is 40.2 Å². The highest BCUT2D eigenvalue weighted by Crippen LogP contribution is 2.47. The second-order valence-corrected chi connectivity index (χ2v) is 10.8. The first-order chi connectivity index (χ1) is 17.3. The monoisotopic (exact) mass is 484 g/mol. The number of fused-ring (bicyclic) bond motifs is 1. The van der Waals surface area contributed by atoms with Crippen molar-refractivity contribution < 1.29 is 0 Å². The number of pyridine rings is 1. The number of aryl methyl sites for hydroxylation is 1. The minimum absolute atomic E-state index is 0.195. The van der Waals surface area contributed by atoms with Crippen LogP contribution in [0.25, 0.3) is 15.9 Å². The maximum absolute atomic E-state index is 12.8. The Morgan fingerprint density at radius 1 is 1.06 bits per heavy atom. The van der Waals surface area contributed by atoms with E-state index in [1.54, 1.807) is 13.1 Å². The Kier molecular flexibility index (Phi) is 6.34. The third-order valence-corrected chi connectivity index (χ3v) is 8.58. The van der Waals surface area contributed by atoms with Gasteiger partial charge < -0.3 is 9.74 Å². The fourth-order valence-corrected chi connectivity index (χ4v) is 5.71. The molecule has 1 aromatic carbocycles. The van der Waals surface area contributed by atoms with Gasteiger partial charge in [-0.15, -0.1) is 4.98 Å². The second-order valence-electron chi connectivity index (χ2n) is 10.8. The largest absolute Gasteiger partial charge is 0.361 e. The van der Waals surface area contributed by atoms with Gasteiger partial charge >= 0.3 is 5.69 Å². The molecule has 36 heavy (non-hydrogen) atoms. The number of benzene rings is 1. The zero-order chi connectivity index (χ0) is 25.6. The summed E-state index contributed by atoms with van der Waals surface area (Å²) in [7, 11) is 1.71. The minimum Gasteiger partial charge on any atom is -0.361 e. The third-order valence-electron chi connectivity index (χ3n) is 8.58. The molecule has 1 unspecified atom stereocenters. The number of hydrogen-bond donors (Lipinski definition) is 0. The molecule has 3 aromatic rings. The first kappa shape index (κ1) is 24.5. The maximum atomic E-state index is 12.8. The predicted octanol–water partition coefficient (Wildman–Crippen LogP) is 5.37. The highest BCUT2D eigenvalue weighted by Gasteiger charge is 2.40. The molecular formula is C29H36N6O. The van der Waals surface area contributed by atoms with Crippen LogP contribution in [-0.4, -0.2) is 44.6 Å². The van der Waals surface area contributed by atoms with Gasteiger partial charge in [0.25, 0.3) is 5.82 Å². The zero-order valence-electron chi connectivity index (χ0n) is 22.0. The average molecular weight is 485 g/mol. The van der Waals surface area contributed by atoms with Crippen molar-refractivity contribution in [3.8, 4) is 0 Å².